The zero-order valence-electron chi connectivity index (χ0n) is 17.6. The fraction of sp³-hybridized carbons (Fsp3) is 0.300. The number of aliphatic imine (C=N–C) groups is 2. The molecule has 4 N–H and O–H groups in total. The Morgan fingerprint density at radius 1 is 1.03 bits per heavy atom. The van der Waals surface area contributed by atoms with Gasteiger partial charge in [0, 0.05) is 38.1 Å². The van der Waals surface area contributed by atoms with Gasteiger partial charge in [-0.15, -0.1) is 0 Å². The Bertz CT molecular complexity index is 1090. The summed E-state index contributed by atoms with van der Waals surface area (Å²) in [5.74, 6) is -0.276. The van der Waals surface area contributed by atoms with Gasteiger partial charge in [0.25, 0.3) is 0 Å². The van der Waals surface area contributed by atoms with Crippen molar-refractivity contribution >= 4 is 23.3 Å². The lowest BCUT2D eigenvalue weighted by molar-refractivity contribution is -0.141. The number of hydrogen-bond acceptors (Lipinski definition) is 4. The van der Waals surface area contributed by atoms with Crippen molar-refractivity contribution in [1.82, 2.24) is 20.2 Å². The SMILES string of the molecule is C=C(N=C(N=C(N)N1CCNCC1)Nc1ccnc(C(F)(F)F)c1)c1cccc(C(F)(F)F)n1. The molecule has 0 amide bonds. The van der Waals surface area contributed by atoms with Gasteiger partial charge in [0.2, 0.25) is 5.96 Å². The van der Waals surface area contributed by atoms with Gasteiger partial charge in [-0.2, -0.15) is 31.3 Å². The molecule has 2 aromatic heterocycles. The minimum Gasteiger partial charge on any atom is -0.369 e. The van der Waals surface area contributed by atoms with Crippen LogP contribution in [0.1, 0.15) is 17.1 Å². The molecule has 1 fully saturated rings. The van der Waals surface area contributed by atoms with Gasteiger partial charge in [0.1, 0.15) is 11.4 Å². The molecule has 1 saturated heterocycles. The van der Waals surface area contributed by atoms with E-state index in [0.717, 1.165) is 24.4 Å². The van der Waals surface area contributed by atoms with Gasteiger partial charge in [-0.05, 0) is 24.3 Å². The van der Waals surface area contributed by atoms with Crippen LogP contribution in [0.4, 0.5) is 32.0 Å². The summed E-state index contributed by atoms with van der Waals surface area (Å²) in [5, 5.41) is 5.72. The summed E-state index contributed by atoms with van der Waals surface area (Å²) in [6, 6.07) is 5.16. The topological polar surface area (TPSA) is 104 Å². The molecule has 0 spiro atoms. The summed E-state index contributed by atoms with van der Waals surface area (Å²) in [6.07, 6.45) is -8.43. The van der Waals surface area contributed by atoms with Crippen molar-refractivity contribution in [1.29, 1.82) is 0 Å². The molecule has 0 aliphatic carbocycles. The van der Waals surface area contributed by atoms with Crippen molar-refractivity contribution in [3.8, 4) is 0 Å². The van der Waals surface area contributed by atoms with E-state index in [-0.39, 0.29) is 29.0 Å². The minimum absolute atomic E-state index is 0.0163. The molecule has 1 aliphatic heterocycles. The Balaban J connectivity index is 1.96. The molecule has 0 radical (unpaired) electrons. The highest BCUT2D eigenvalue weighted by atomic mass is 19.4. The number of halogens is 6. The first kappa shape index (κ1) is 25.0. The number of alkyl halides is 6. The first-order chi connectivity index (χ1) is 15.9. The van der Waals surface area contributed by atoms with Gasteiger partial charge >= 0.3 is 12.4 Å². The van der Waals surface area contributed by atoms with Crippen molar-refractivity contribution in [3.05, 3.63) is 60.2 Å². The van der Waals surface area contributed by atoms with Crippen LogP contribution in [0.15, 0.2) is 53.1 Å². The summed E-state index contributed by atoms with van der Waals surface area (Å²) < 4.78 is 78.1. The summed E-state index contributed by atoms with van der Waals surface area (Å²) in [4.78, 5) is 16.7. The molecule has 0 unspecified atom stereocenters. The summed E-state index contributed by atoms with van der Waals surface area (Å²) in [5.41, 5.74) is 3.25. The second kappa shape index (κ2) is 10.1. The highest BCUT2D eigenvalue weighted by Gasteiger charge is 2.33. The number of aromatic nitrogens is 2. The third-order valence-corrected chi connectivity index (χ3v) is 4.54. The Hall–Kier alpha value is -3.68. The van der Waals surface area contributed by atoms with Crippen LogP contribution < -0.4 is 16.4 Å². The smallest absolute Gasteiger partial charge is 0.369 e. The maximum atomic E-state index is 13.0. The average molecular weight is 486 g/mol. The molecule has 1 aliphatic rings. The molecule has 182 valence electrons. The highest BCUT2D eigenvalue weighted by Crippen LogP contribution is 2.30. The number of nitrogens with two attached hydrogens (primary N) is 1. The van der Waals surface area contributed by atoms with Gasteiger partial charge in [0.05, 0.1) is 11.4 Å². The maximum absolute atomic E-state index is 13.0. The van der Waals surface area contributed by atoms with Crippen LogP contribution in [-0.4, -0.2) is 53.0 Å². The molecule has 8 nitrogen and oxygen atoms in total. The van der Waals surface area contributed by atoms with Crippen molar-refractivity contribution in [2.45, 2.75) is 12.4 Å². The molecule has 0 bridgehead atoms. The van der Waals surface area contributed by atoms with Gasteiger partial charge in [-0.25, -0.2) is 9.98 Å². The maximum Gasteiger partial charge on any atom is 0.433 e. The van der Waals surface area contributed by atoms with Crippen LogP contribution in [0.25, 0.3) is 5.70 Å². The zero-order chi connectivity index (χ0) is 24.9. The predicted octanol–water partition coefficient (Wildman–Crippen LogP) is 3.17. The van der Waals surface area contributed by atoms with E-state index < -0.39 is 23.7 Å². The van der Waals surface area contributed by atoms with E-state index in [0.29, 0.717) is 26.2 Å². The van der Waals surface area contributed by atoms with Crippen LogP contribution in [0.3, 0.4) is 0 Å². The third-order valence-electron chi connectivity index (χ3n) is 4.54. The molecule has 0 atom stereocenters. The number of piperazine rings is 1. The lowest BCUT2D eigenvalue weighted by Gasteiger charge is -2.28. The van der Waals surface area contributed by atoms with Gasteiger partial charge in [-0.1, -0.05) is 12.6 Å². The van der Waals surface area contributed by atoms with E-state index >= 15 is 0 Å². The average Bonchev–Trinajstić information content (AvgIpc) is 2.78. The Morgan fingerprint density at radius 3 is 2.35 bits per heavy atom. The molecule has 14 heteroatoms. The number of nitrogens with zero attached hydrogens (tertiary/aromatic N) is 5. The van der Waals surface area contributed by atoms with Crippen LogP contribution >= 0.6 is 0 Å². The molecule has 0 saturated carbocycles. The van der Waals surface area contributed by atoms with E-state index in [4.69, 9.17) is 5.73 Å². The van der Waals surface area contributed by atoms with E-state index in [1.807, 2.05) is 0 Å². The van der Waals surface area contributed by atoms with Crippen LogP contribution in [-0.2, 0) is 12.4 Å². The third kappa shape index (κ3) is 6.66. The van der Waals surface area contributed by atoms with Crippen molar-refractivity contribution in [2.75, 3.05) is 31.5 Å². The quantitative estimate of drug-likeness (QED) is 0.350. The molecule has 0 aromatic carbocycles. The van der Waals surface area contributed by atoms with Crippen molar-refractivity contribution in [2.24, 2.45) is 15.7 Å². The first-order valence-corrected chi connectivity index (χ1v) is 9.86. The summed E-state index contributed by atoms with van der Waals surface area (Å²) >= 11 is 0. The highest BCUT2D eigenvalue weighted by molar-refractivity contribution is 6.03. The van der Waals surface area contributed by atoms with E-state index in [2.05, 4.69) is 37.2 Å². The van der Waals surface area contributed by atoms with Crippen LogP contribution in [0.5, 0.6) is 0 Å². The van der Waals surface area contributed by atoms with E-state index in [1.165, 1.54) is 12.1 Å². The van der Waals surface area contributed by atoms with Gasteiger partial charge in [-0.3, -0.25) is 4.98 Å². The predicted molar refractivity (Wildman–Crippen MR) is 115 cm³/mol. The van der Waals surface area contributed by atoms with Crippen molar-refractivity contribution in [3.63, 3.8) is 0 Å². The normalized spacial score (nSPS) is 15.9. The second-order valence-electron chi connectivity index (χ2n) is 7.05. The summed E-state index contributed by atoms with van der Waals surface area (Å²) in [7, 11) is 0. The second-order valence-corrected chi connectivity index (χ2v) is 7.05. The number of nitrogens with one attached hydrogen (secondary N) is 2. The number of pyridine rings is 2. The number of rotatable bonds is 3. The fourth-order valence-electron chi connectivity index (χ4n) is 2.88. The Labute approximate surface area is 190 Å². The first-order valence-electron chi connectivity index (χ1n) is 9.86. The standard InChI is InChI=1S/C20H20F6N8/c1-12(14-3-2-4-15(32-14)19(21,22)23)30-18(33-17(27)34-9-7-28-8-10-34)31-13-5-6-29-16(11-13)20(24,25)26/h2-6,11,28H,1,7-10H2,(H3,27,29,30,31,33). The molecule has 2 aromatic rings. The van der Waals surface area contributed by atoms with Gasteiger partial charge in [0.15, 0.2) is 5.96 Å². The fourth-order valence-corrected chi connectivity index (χ4v) is 2.88. The van der Waals surface area contributed by atoms with Crippen LogP contribution in [0.2, 0.25) is 0 Å². The van der Waals surface area contributed by atoms with Crippen LogP contribution in [0, 0.1) is 0 Å². The van der Waals surface area contributed by atoms with Gasteiger partial charge < -0.3 is 21.3 Å². The molecular weight excluding hydrogens is 466 g/mol. The monoisotopic (exact) mass is 486 g/mol. The number of hydrogen-bond donors (Lipinski definition) is 3. The summed E-state index contributed by atoms with van der Waals surface area (Å²) in [6.45, 7) is 5.93. The Morgan fingerprint density at radius 2 is 1.71 bits per heavy atom. The zero-order valence-corrected chi connectivity index (χ0v) is 17.6. The molecule has 3 heterocycles. The molecule has 34 heavy (non-hydrogen) atoms. The minimum atomic E-state index is -4.69. The number of anilines is 1. The Kier molecular flexibility index (Phi) is 7.39. The lowest BCUT2D eigenvalue weighted by Crippen LogP contribution is -2.49. The van der Waals surface area contributed by atoms with E-state index in [1.54, 1.807) is 4.90 Å². The van der Waals surface area contributed by atoms with E-state index in [9.17, 15) is 26.3 Å². The molecule has 3 rings (SSSR count). The van der Waals surface area contributed by atoms with Crippen molar-refractivity contribution < 1.29 is 26.3 Å². The largest absolute Gasteiger partial charge is 0.433 e. The lowest BCUT2D eigenvalue weighted by atomic mass is 10.2. The molecular formula is C20H20F6N8. The number of guanidine groups is 2.